The van der Waals surface area contributed by atoms with Gasteiger partial charge in [-0.05, 0) is 40.3 Å². The zero-order valence-electron chi connectivity index (χ0n) is 19.7. The SMILES string of the molecule is CCO[Si](C1C=Cc2ccccc21)(C1C=Cc2ccccc21)C1C=Cc2ccccc21.[H-].[Li+]. The van der Waals surface area contributed by atoms with Crippen molar-refractivity contribution in [1.82, 2.24) is 0 Å². The molecular formula is C29H27LiOSi. The molecule has 32 heavy (non-hydrogen) atoms. The van der Waals surface area contributed by atoms with Gasteiger partial charge in [-0.3, -0.25) is 0 Å². The third-order valence-corrected chi connectivity index (χ3v) is 12.5. The van der Waals surface area contributed by atoms with Gasteiger partial charge in [-0.2, -0.15) is 0 Å². The second-order valence-electron chi connectivity index (χ2n) is 8.68. The first-order chi connectivity index (χ1) is 15.3. The summed E-state index contributed by atoms with van der Waals surface area (Å²) in [6, 6.07) is 26.7. The fourth-order valence-electron chi connectivity index (χ4n) is 6.03. The van der Waals surface area contributed by atoms with E-state index in [1.54, 1.807) is 0 Å². The van der Waals surface area contributed by atoms with Gasteiger partial charge < -0.3 is 5.85 Å². The molecule has 0 radical (unpaired) electrons. The molecule has 0 fully saturated rings. The maximum Gasteiger partial charge on any atom is 1.00 e. The van der Waals surface area contributed by atoms with Crippen molar-refractivity contribution < 1.29 is 24.7 Å². The van der Waals surface area contributed by atoms with Crippen molar-refractivity contribution in [2.45, 2.75) is 23.5 Å². The maximum atomic E-state index is 7.14. The van der Waals surface area contributed by atoms with Crippen LogP contribution in [0.5, 0.6) is 0 Å². The minimum atomic E-state index is -2.51. The van der Waals surface area contributed by atoms with Crippen molar-refractivity contribution in [3.8, 4) is 0 Å². The number of benzene rings is 3. The number of allylic oxidation sites excluding steroid dienone is 3. The molecule has 0 heterocycles. The van der Waals surface area contributed by atoms with Gasteiger partial charge in [-0.15, -0.1) is 0 Å². The molecule has 3 aliphatic rings. The molecule has 0 saturated heterocycles. The second-order valence-corrected chi connectivity index (χ2v) is 12.5. The van der Waals surface area contributed by atoms with Crippen LogP contribution in [0.15, 0.2) is 91.0 Å². The normalized spacial score (nSPS) is 23.3. The van der Waals surface area contributed by atoms with E-state index in [4.69, 9.17) is 4.43 Å². The second kappa shape index (κ2) is 8.54. The van der Waals surface area contributed by atoms with Crippen LogP contribution >= 0.6 is 0 Å². The molecule has 0 amide bonds. The van der Waals surface area contributed by atoms with Crippen molar-refractivity contribution in [3.63, 3.8) is 0 Å². The average molecular weight is 427 g/mol. The van der Waals surface area contributed by atoms with Crippen LogP contribution in [0, 0.1) is 0 Å². The van der Waals surface area contributed by atoms with E-state index >= 15 is 0 Å². The molecule has 0 saturated carbocycles. The van der Waals surface area contributed by atoms with Crippen molar-refractivity contribution in [2.24, 2.45) is 0 Å². The Hall–Kier alpha value is -2.35. The summed E-state index contributed by atoms with van der Waals surface area (Å²) in [4.78, 5) is 0. The first kappa shape index (κ1) is 21.5. The van der Waals surface area contributed by atoms with E-state index < -0.39 is 8.32 Å². The van der Waals surface area contributed by atoms with Crippen LogP contribution in [0.3, 0.4) is 0 Å². The molecule has 154 valence electrons. The molecule has 3 aromatic rings. The molecule has 1 nitrogen and oxygen atoms in total. The number of fused-ring (bicyclic) bond motifs is 3. The summed E-state index contributed by atoms with van der Waals surface area (Å²) in [6.45, 7) is 2.90. The van der Waals surface area contributed by atoms with E-state index in [2.05, 4.69) is 116 Å². The summed E-state index contributed by atoms with van der Waals surface area (Å²) in [7, 11) is -2.51. The molecular weight excluding hydrogens is 399 g/mol. The summed E-state index contributed by atoms with van der Waals surface area (Å²) in [5.74, 6) is 0. The molecule has 0 N–H and O–H groups in total. The van der Waals surface area contributed by atoms with Gasteiger partial charge in [0.1, 0.15) is 0 Å². The van der Waals surface area contributed by atoms with Gasteiger partial charge in [0.25, 0.3) is 0 Å². The minimum Gasteiger partial charge on any atom is -1.00 e. The van der Waals surface area contributed by atoms with Crippen LogP contribution in [0.4, 0.5) is 0 Å². The first-order valence-electron chi connectivity index (χ1n) is 11.3. The summed E-state index contributed by atoms with van der Waals surface area (Å²) < 4.78 is 7.14. The predicted octanol–water partition coefficient (Wildman–Crippen LogP) is 4.13. The molecule has 3 heteroatoms. The Morgan fingerprint density at radius 1 is 0.625 bits per heavy atom. The van der Waals surface area contributed by atoms with Gasteiger partial charge in [-0.1, -0.05) is 109 Å². The van der Waals surface area contributed by atoms with Crippen molar-refractivity contribution in [3.05, 3.63) is 124 Å². The van der Waals surface area contributed by atoms with Crippen molar-refractivity contribution >= 4 is 26.5 Å². The molecule has 3 aromatic carbocycles. The van der Waals surface area contributed by atoms with Crippen LogP contribution in [-0.4, -0.2) is 14.9 Å². The number of rotatable bonds is 5. The predicted molar refractivity (Wildman–Crippen MR) is 133 cm³/mol. The van der Waals surface area contributed by atoms with Gasteiger partial charge in [0.15, 0.2) is 0 Å². The summed E-state index contributed by atoms with van der Waals surface area (Å²) >= 11 is 0. The first-order valence-corrected chi connectivity index (χ1v) is 13.4. The Morgan fingerprint density at radius 2 is 0.969 bits per heavy atom. The standard InChI is InChI=1S/C29H26OSi.Li.H/c1-2-30-31(27-18-15-21-9-3-6-12-24(21)27,28-19-16-22-10-4-7-13-25(22)28)29-20-17-23-11-5-8-14-26(23)29;;/h3-20,27-29H,2H2,1H3;;/q;+1;-1. The molecule has 0 aromatic heterocycles. The van der Waals surface area contributed by atoms with Crippen LogP contribution < -0.4 is 18.9 Å². The molecule has 3 atom stereocenters. The van der Waals surface area contributed by atoms with Gasteiger partial charge in [0.2, 0.25) is 8.32 Å². The molecule has 3 aliphatic carbocycles. The van der Waals surface area contributed by atoms with Gasteiger partial charge in [-0.25, -0.2) is 0 Å². The number of hydrogen-bond donors (Lipinski definition) is 0. The van der Waals surface area contributed by atoms with E-state index in [1.165, 1.54) is 33.4 Å². The fourth-order valence-corrected chi connectivity index (χ4v) is 11.7. The van der Waals surface area contributed by atoms with Gasteiger partial charge in [0.05, 0.1) is 0 Å². The van der Waals surface area contributed by atoms with Crippen molar-refractivity contribution in [2.75, 3.05) is 6.61 Å². The van der Waals surface area contributed by atoms with E-state index in [0.29, 0.717) is 16.6 Å². The third-order valence-electron chi connectivity index (χ3n) is 7.25. The monoisotopic (exact) mass is 426 g/mol. The van der Waals surface area contributed by atoms with Gasteiger partial charge in [0, 0.05) is 23.2 Å². The largest absolute Gasteiger partial charge is 1.00 e. The van der Waals surface area contributed by atoms with E-state index in [9.17, 15) is 0 Å². The number of hydrogen-bond acceptors (Lipinski definition) is 1. The maximum absolute atomic E-state index is 7.14. The van der Waals surface area contributed by atoms with E-state index in [-0.39, 0.29) is 20.3 Å². The smallest absolute Gasteiger partial charge is 1.00 e. The zero-order valence-corrected chi connectivity index (χ0v) is 19.7. The van der Waals surface area contributed by atoms with Crippen LogP contribution in [-0.2, 0) is 4.43 Å². The van der Waals surface area contributed by atoms with Crippen LogP contribution in [0.1, 0.15) is 58.4 Å². The molecule has 0 aliphatic heterocycles. The summed E-state index contributed by atoms with van der Waals surface area (Å²) in [6.07, 6.45) is 14.3. The van der Waals surface area contributed by atoms with Crippen LogP contribution in [0.25, 0.3) is 18.2 Å². The average Bonchev–Trinajstić information content (AvgIpc) is 3.54. The summed E-state index contributed by atoms with van der Waals surface area (Å²) in [5, 5.41) is 0. The van der Waals surface area contributed by atoms with Gasteiger partial charge >= 0.3 is 18.9 Å². The molecule has 0 bridgehead atoms. The van der Waals surface area contributed by atoms with E-state index in [0.717, 1.165) is 6.61 Å². The Balaban J connectivity index is 0.00000130. The van der Waals surface area contributed by atoms with Crippen LogP contribution in [0.2, 0.25) is 0 Å². The topological polar surface area (TPSA) is 9.23 Å². The molecule has 0 spiro atoms. The minimum absolute atomic E-state index is 0. The third kappa shape index (κ3) is 3.10. The quantitative estimate of drug-likeness (QED) is 0.558. The Kier molecular flexibility index (Phi) is 5.74. The Labute approximate surface area is 205 Å². The van der Waals surface area contributed by atoms with Crippen molar-refractivity contribution in [1.29, 1.82) is 0 Å². The zero-order chi connectivity index (χ0) is 20.8. The fraction of sp³-hybridized carbons (Fsp3) is 0.172. The summed E-state index contributed by atoms with van der Waals surface area (Å²) in [5.41, 5.74) is 9.24. The Morgan fingerprint density at radius 3 is 1.31 bits per heavy atom. The Bertz CT molecular complexity index is 1100. The molecule has 6 rings (SSSR count). The van der Waals surface area contributed by atoms with E-state index in [1.807, 2.05) is 0 Å². The molecule has 3 unspecified atom stereocenters.